The van der Waals surface area contributed by atoms with Crippen LogP contribution in [0.25, 0.3) is 10.8 Å². The van der Waals surface area contributed by atoms with Gasteiger partial charge in [-0.05, 0) is 61.9 Å². The van der Waals surface area contributed by atoms with Crippen LogP contribution in [-0.4, -0.2) is 36.5 Å². The Bertz CT molecular complexity index is 723. The van der Waals surface area contributed by atoms with Crippen molar-refractivity contribution in [3.8, 4) is 0 Å². The molecule has 4 heteroatoms. The molecule has 1 atom stereocenters. The molecule has 3 saturated heterocycles. The zero-order valence-corrected chi connectivity index (χ0v) is 13.9. The smallest absolute Gasteiger partial charge is 0.251 e. The van der Waals surface area contributed by atoms with E-state index in [1.54, 1.807) is 0 Å². The summed E-state index contributed by atoms with van der Waals surface area (Å²) in [6, 6.07) is 11.8. The Labute approximate surface area is 141 Å². The monoisotopic (exact) mass is 328 g/mol. The molecule has 3 aliphatic rings. The van der Waals surface area contributed by atoms with Gasteiger partial charge in [0.15, 0.2) is 0 Å². The first-order chi connectivity index (χ1) is 11.2. The molecule has 2 bridgehead atoms. The van der Waals surface area contributed by atoms with Gasteiger partial charge in [-0.1, -0.05) is 29.8 Å². The molecule has 3 aliphatic heterocycles. The first kappa shape index (κ1) is 15.0. The van der Waals surface area contributed by atoms with E-state index in [0.717, 1.165) is 34.7 Å². The number of nitrogens with one attached hydrogen (secondary N) is 1. The first-order valence-corrected chi connectivity index (χ1v) is 8.78. The molecule has 0 saturated carbocycles. The van der Waals surface area contributed by atoms with E-state index >= 15 is 0 Å². The maximum atomic E-state index is 12.6. The number of rotatable bonds is 2. The zero-order valence-electron chi connectivity index (χ0n) is 13.1. The van der Waals surface area contributed by atoms with Gasteiger partial charge in [-0.25, -0.2) is 0 Å². The second-order valence-electron chi connectivity index (χ2n) is 6.83. The van der Waals surface area contributed by atoms with Crippen molar-refractivity contribution < 1.29 is 4.79 Å². The van der Waals surface area contributed by atoms with Crippen LogP contribution in [0.1, 0.15) is 29.6 Å². The number of benzene rings is 2. The van der Waals surface area contributed by atoms with Crippen LogP contribution >= 0.6 is 11.6 Å². The van der Waals surface area contributed by atoms with Crippen molar-refractivity contribution in [1.29, 1.82) is 0 Å². The summed E-state index contributed by atoms with van der Waals surface area (Å²) >= 11 is 6.20. The van der Waals surface area contributed by atoms with Crippen LogP contribution in [-0.2, 0) is 0 Å². The molecule has 5 rings (SSSR count). The molecule has 23 heavy (non-hydrogen) atoms. The van der Waals surface area contributed by atoms with E-state index in [2.05, 4.69) is 10.2 Å². The summed E-state index contributed by atoms with van der Waals surface area (Å²) in [5, 5.41) is 5.97. The average Bonchev–Trinajstić information content (AvgIpc) is 2.87. The molecule has 2 aromatic carbocycles. The lowest BCUT2D eigenvalue weighted by Crippen LogP contribution is -2.41. The highest BCUT2D eigenvalue weighted by molar-refractivity contribution is 6.35. The van der Waals surface area contributed by atoms with Gasteiger partial charge in [-0.15, -0.1) is 0 Å². The molecule has 0 spiro atoms. The van der Waals surface area contributed by atoms with Crippen molar-refractivity contribution in [2.75, 3.05) is 19.6 Å². The Kier molecular flexibility index (Phi) is 4.00. The number of nitrogens with zero attached hydrogens (tertiary/aromatic N) is 1. The van der Waals surface area contributed by atoms with Gasteiger partial charge in [0.25, 0.3) is 5.91 Å². The molecule has 0 radical (unpaired) electrons. The fourth-order valence-corrected chi connectivity index (χ4v) is 4.20. The van der Waals surface area contributed by atoms with Gasteiger partial charge in [-0.2, -0.15) is 0 Å². The van der Waals surface area contributed by atoms with Gasteiger partial charge in [0, 0.05) is 28.6 Å². The molecule has 2 aromatic rings. The Morgan fingerprint density at radius 2 is 2.00 bits per heavy atom. The fourth-order valence-electron chi connectivity index (χ4n) is 3.95. The summed E-state index contributed by atoms with van der Waals surface area (Å²) in [5.41, 5.74) is 0.714. The van der Waals surface area contributed by atoms with Crippen LogP contribution in [0.5, 0.6) is 0 Å². The van der Waals surface area contributed by atoms with Crippen molar-refractivity contribution in [3.63, 3.8) is 0 Å². The van der Waals surface area contributed by atoms with Crippen molar-refractivity contribution >= 4 is 28.3 Å². The van der Waals surface area contributed by atoms with E-state index in [1.165, 1.54) is 25.9 Å². The second kappa shape index (κ2) is 6.14. The predicted molar refractivity (Wildman–Crippen MR) is 94.0 cm³/mol. The topological polar surface area (TPSA) is 32.3 Å². The predicted octanol–water partition coefficient (Wildman–Crippen LogP) is 3.71. The minimum atomic E-state index is 0.0272. The lowest BCUT2D eigenvalue weighted by atomic mass is 9.94. The third kappa shape index (κ3) is 3.08. The molecule has 120 valence electrons. The van der Waals surface area contributed by atoms with Gasteiger partial charge >= 0.3 is 0 Å². The summed E-state index contributed by atoms with van der Waals surface area (Å²) in [7, 11) is 0. The minimum absolute atomic E-state index is 0.0272. The van der Waals surface area contributed by atoms with E-state index in [1.807, 2.05) is 36.4 Å². The number of hydrogen-bond donors (Lipinski definition) is 1. The summed E-state index contributed by atoms with van der Waals surface area (Å²) in [6.45, 7) is 3.36. The Balaban J connectivity index is 1.52. The van der Waals surface area contributed by atoms with Crippen LogP contribution in [0.4, 0.5) is 0 Å². The molecule has 3 heterocycles. The highest BCUT2D eigenvalue weighted by Gasteiger charge is 2.29. The van der Waals surface area contributed by atoms with Gasteiger partial charge in [0.1, 0.15) is 0 Å². The van der Waals surface area contributed by atoms with Crippen molar-refractivity contribution in [2.45, 2.75) is 25.3 Å². The maximum Gasteiger partial charge on any atom is 0.251 e. The van der Waals surface area contributed by atoms with Crippen LogP contribution in [0.15, 0.2) is 36.4 Å². The summed E-state index contributed by atoms with van der Waals surface area (Å²) in [6.07, 6.45) is 3.67. The highest BCUT2D eigenvalue weighted by Crippen LogP contribution is 2.27. The van der Waals surface area contributed by atoms with E-state index < -0.39 is 0 Å². The van der Waals surface area contributed by atoms with E-state index in [0.29, 0.717) is 5.56 Å². The number of halogens is 1. The first-order valence-electron chi connectivity index (χ1n) is 8.40. The third-order valence-corrected chi connectivity index (χ3v) is 5.56. The molecule has 0 unspecified atom stereocenters. The molecule has 1 N–H and O–H groups in total. The maximum absolute atomic E-state index is 12.6. The SMILES string of the molecule is O=C(N[C@@H]1CC2CCN(CC2)C1)c1ccc2c(Cl)cccc2c1. The fraction of sp³-hybridized carbons (Fsp3) is 0.421. The largest absolute Gasteiger partial charge is 0.348 e. The lowest BCUT2D eigenvalue weighted by molar-refractivity contribution is 0.0929. The number of carbonyl (C=O) groups excluding carboxylic acids is 1. The normalized spacial score (nSPS) is 26.9. The molecule has 3 nitrogen and oxygen atoms in total. The molecule has 0 aliphatic carbocycles. The average molecular weight is 329 g/mol. The highest BCUT2D eigenvalue weighted by atomic mass is 35.5. The van der Waals surface area contributed by atoms with Crippen molar-refractivity contribution in [3.05, 3.63) is 47.0 Å². The number of amides is 1. The third-order valence-electron chi connectivity index (χ3n) is 5.23. The standard InChI is InChI=1S/C19H21ClN2O/c20-18-3-1-2-14-11-15(4-5-17(14)18)19(23)21-16-10-13-6-8-22(12-16)9-7-13/h1-5,11,13,16H,6-10,12H2,(H,21,23)/t16-/m1/s1. The number of piperidine rings is 1. The molecule has 3 fully saturated rings. The Hall–Kier alpha value is -1.58. The quantitative estimate of drug-likeness (QED) is 0.911. The summed E-state index contributed by atoms with van der Waals surface area (Å²) in [5.74, 6) is 0.800. The zero-order chi connectivity index (χ0) is 15.8. The second-order valence-corrected chi connectivity index (χ2v) is 7.23. The van der Waals surface area contributed by atoms with E-state index in [4.69, 9.17) is 11.6 Å². The van der Waals surface area contributed by atoms with Crippen LogP contribution in [0.3, 0.4) is 0 Å². The number of hydrogen-bond acceptors (Lipinski definition) is 2. The van der Waals surface area contributed by atoms with Crippen LogP contribution < -0.4 is 5.32 Å². The lowest BCUT2D eigenvalue weighted by Gasteiger charge is -2.26. The van der Waals surface area contributed by atoms with E-state index in [9.17, 15) is 4.79 Å². The van der Waals surface area contributed by atoms with E-state index in [-0.39, 0.29) is 11.9 Å². The van der Waals surface area contributed by atoms with Gasteiger partial charge in [0.05, 0.1) is 0 Å². The number of carbonyl (C=O) groups is 1. The molecule has 0 aromatic heterocycles. The number of fused-ring (bicyclic) bond motifs is 5. The van der Waals surface area contributed by atoms with Gasteiger partial charge < -0.3 is 10.2 Å². The molecular formula is C19H21ClN2O. The summed E-state index contributed by atoms with van der Waals surface area (Å²) < 4.78 is 0. The Morgan fingerprint density at radius 3 is 2.83 bits per heavy atom. The van der Waals surface area contributed by atoms with Crippen LogP contribution in [0.2, 0.25) is 5.02 Å². The minimum Gasteiger partial charge on any atom is -0.348 e. The van der Waals surface area contributed by atoms with Crippen molar-refractivity contribution in [1.82, 2.24) is 10.2 Å². The van der Waals surface area contributed by atoms with Gasteiger partial charge in [0.2, 0.25) is 0 Å². The Morgan fingerprint density at radius 1 is 1.17 bits per heavy atom. The molecule has 1 amide bonds. The van der Waals surface area contributed by atoms with Crippen LogP contribution in [0, 0.1) is 5.92 Å². The summed E-state index contributed by atoms with van der Waals surface area (Å²) in [4.78, 5) is 15.1. The molecular weight excluding hydrogens is 308 g/mol. The van der Waals surface area contributed by atoms with Gasteiger partial charge in [-0.3, -0.25) is 4.79 Å². The van der Waals surface area contributed by atoms with Crippen molar-refractivity contribution in [2.24, 2.45) is 5.92 Å².